The van der Waals surface area contributed by atoms with E-state index in [9.17, 15) is 4.79 Å². The van der Waals surface area contributed by atoms with Gasteiger partial charge in [-0.2, -0.15) is 0 Å². The number of halogens is 1. The predicted molar refractivity (Wildman–Crippen MR) is 84.3 cm³/mol. The number of rotatable bonds is 3. The van der Waals surface area contributed by atoms with Crippen molar-refractivity contribution in [2.75, 3.05) is 31.1 Å². The summed E-state index contributed by atoms with van der Waals surface area (Å²) in [6.07, 6.45) is 1.56. The average molecular weight is 315 g/mol. The van der Waals surface area contributed by atoms with Gasteiger partial charge < -0.3 is 15.0 Å². The molecule has 2 heterocycles. The van der Waals surface area contributed by atoms with E-state index in [1.54, 1.807) is 13.1 Å². The Balaban J connectivity index is 0.00000220. The third-order valence-corrected chi connectivity index (χ3v) is 3.32. The molecule has 6 nitrogen and oxygen atoms in total. The number of nitrogens with one attached hydrogen (secondary N) is 1. The maximum absolute atomic E-state index is 11.7. The molecular weight excluding hydrogens is 292 g/mol. The molecule has 1 aliphatic rings. The lowest BCUT2D eigenvalue weighted by molar-refractivity contribution is 0.0524. The van der Waals surface area contributed by atoms with Gasteiger partial charge in [0.1, 0.15) is 0 Å². The summed E-state index contributed by atoms with van der Waals surface area (Å²) in [4.78, 5) is 22.6. The maximum atomic E-state index is 11.7. The van der Waals surface area contributed by atoms with Gasteiger partial charge in [0.2, 0.25) is 5.95 Å². The van der Waals surface area contributed by atoms with Crippen molar-refractivity contribution in [2.45, 2.75) is 33.2 Å². The summed E-state index contributed by atoms with van der Waals surface area (Å²) in [5.74, 6) is 0.308. The lowest BCUT2D eigenvalue weighted by Crippen LogP contribution is -2.57. The van der Waals surface area contributed by atoms with Gasteiger partial charge in [-0.25, -0.2) is 14.8 Å². The number of ether oxygens (including phenoxy) is 1. The molecule has 21 heavy (non-hydrogen) atoms. The number of carbonyl (C=O) groups is 1. The van der Waals surface area contributed by atoms with Crippen molar-refractivity contribution in [2.24, 2.45) is 0 Å². The van der Waals surface area contributed by atoms with Gasteiger partial charge in [-0.15, -0.1) is 12.4 Å². The normalized spacial score (nSPS) is 17.0. The van der Waals surface area contributed by atoms with Crippen LogP contribution in [0.3, 0.4) is 0 Å². The molecule has 1 aliphatic heterocycles. The Morgan fingerprint density at radius 3 is 2.81 bits per heavy atom. The van der Waals surface area contributed by atoms with Crippen molar-refractivity contribution in [3.63, 3.8) is 0 Å². The van der Waals surface area contributed by atoms with Crippen LogP contribution in [0.4, 0.5) is 5.95 Å². The topological polar surface area (TPSA) is 67.3 Å². The Hall–Kier alpha value is -1.40. The Bertz CT molecular complexity index is 508. The van der Waals surface area contributed by atoms with Crippen LogP contribution in [0.2, 0.25) is 0 Å². The number of esters is 1. The molecule has 0 bridgehead atoms. The number of aromatic nitrogens is 2. The highest BCUT2D eigenvalue weighted by molar-refractivity contribution is 5.90. The van der Waals surface area contributed by atoms with E-state index in [4.69, 9.17) is 4.74 Å². The first-order chi connectivity index (χ1) is 9.43. The van der Waals surface area contributed by atoms with Crippen LogP contribution in [-0.4, -0.2) is 47.7 Å². The number of aryl methyl sites for hydroxylation is 1. The summed E-state index contributed by atoms with van der Waals surface area (Å²) in [7, 11) is 0. The molecule has 118 valence electrons. The zero-order valence-electron chi connectivity index (χ0n) is 13.0. The lowest BCUT2D eigenvalue weighted by Gasteiger charge is -2.39. The quantitative estimate of drug-likeness (QED) is 0.854. The number of hydrogen-bond acceptors (Lipinski definition) is 6. The second kappa shape index (κ2) is 7.04. The molecule has 1 saturated heterocycles. The van der Waals surface area contributed by atoms with Crippen molar-refractivity contribution in [3.8, 4) is 0 Å². The predicted octanol–water partition coefficient (Wildman–Crippen LogP) is 1.57. The van der Waals surface area contributed by atoms with Crippen molar-refractivity contribution in [1.82, 2.24) is 15.3 Å². The van der Waals surface area contributed by atoms with Gasteiger partial charge in [0, 0.05) is 31.4 Å². The van der Waals surface area contributed by atoms with Crippen molar-refractivity contribution < 1.29 is 9.53 Å². The van der Waals surface area contributed by atoms with Gasteiger partial charge in [0.15, 0.2) is 0 Å². The van der Waals surface area contributed by atoms with E-state index in [1.807, 2.05) is 6.92 Å². The second-order valence-electron chi connectivity index (χ2n) is 5.62. The zero-order chi connectivity index (χ0) is 14.8. The van der Waals surface area contributed by atoms with E-state index in [0.29, 0.717) is 23.8 Å². The van der Waals surface area contributed by atoms with E-state index in [-0.39, 0.29) is 23.9 Å². The highest BCUT2D eigenvalue weighted by Gasteiger charge is 2.27. The first-order valence-corrected chi connectivity index (χ1v) is 6.93. The zero-order valence-corrected chi connectivity index (χ0v) is 13.8. The maximum Gasteiger partial charge on any atom is 0.341 e. The van der Waals surface area contributed by atoms with E-state index < -0.39 is 0 Å². The average Bonchev–Trinajstić information content (AvgIpc) is 2.37. The smallest absolute Gasteiger partial charge is 0.341 e. The molecule has 0 spiro atoms. The van der Waals surface area contributed by atoms with Crippen LogP contribution in [0.25, 0.3) is 0 Å². The van der Waals surface area contributed by atoms with Gasteiger partial charge in [0.25, 0.3) is 0 Å². The minimum Gasteiger partial charge on any atom is -0.462 e. The van der Waals surface area contributed by atoms with Crippen LogP contribution in [0.15, 0.2) is 6.20 Å². The fourth-order valence-electron chi connectivity index (χ4n) is 2.33. The Morgan fingerprint density at radius 1 is 1.52 bits per heavy atom. The van der Waals surface area contributed by atoms with E-state index in [1.165, 1.54) is 0 Å². The van der Waals surface area contributed by atoms with Gasteiger partial charge in [-0.1, -0.05) is 0 Å². The Labute approximate surface area is 131 Å². The largest absolute Gasteiger partial charge is 0.462 e. The molecule has 0 amide bonds. The Morgan fingerprint density at radius 2 is 2.24 bits per heavy atom. The molecule has 1 aromatic rings. The van der Waals surface area contributed by atoms with Crippen LogP contribution in [-0.2, 0) is 4.74 Å². The first-order valence-electron chi connectivity index (χ1n) is 6.93. The second-order valence-corrected chi connectivity index (χ2v) is 5.62. The summed E-state index contributed by atoms with van der Waals surface area (Å²) in [6.45, 7) is 10.8. The number of anilines is 1. The minimum absolute atomic E-state index is 0. The van der Waals surface area contributed by atoms with Crippen LogP contribution >= 0.6 is 12.4 Å². The molecular formula is C14H23ClN4O2. The molecule has 0 unspecified atom stereocenters. The summed E-state index contributed by atoms with van der Waals surface area (Å²) in [5.41, 5.74) is 1.13. The monoisotopic (exact) mass is 314 g/mol. The van der Waals surface area contributed by atoms with Gasteiger partial charge in [-0.05, 0) is 27.7 Å². The molecule has 0 aromatic carbocycles. The lowest BCUT2D eigenvalue weighted by atomic mass is 10.0. The third kappa shape index (κ3) is 4.28. The highest BCUT2D eigenvalue weighted by Crippen LogP contribution is 2.17. The van der Waals surface area contributed by atoms with E-state index >= 15 is 0 Å². The first kappa shape index (κ1) is 17.7. The molecule has 1 aromatic heterocycles. The number of carbonyl (C=O) groups excluding carboxylic acids is 1. The molecule has 0 aliphatic carbocycles. The van der Waals surface area contributed by atoms with Crippen molar-refractivity contribution >= 4 is 24.3 Å². The van der Waals surface area contributed by atoms with Gasteiger partial charge in [-0.3, -0.25) is 0 Å². The minimum atomic E-state index is -0.364. The number of nitrogens with zero attached hydrogens (tertiary/aromatic N) is 3. The number of hydrogen-bond donors (Lipinski definition) is 1. The van der Waals surface area contributed by atoms with Crippen molar-refractivity contribution in [3.05, 3.63) is 17.5 Å². The molecule has 2 rings (SSSR count). The third-order valence-electron chi connectivity index (χ3n) is 3.32. The molecule has 0 saturated carbocycles. The van der Waals surface area contributed by atoms with Crippen LogP contribution < -0.4 is 10.2 Å². The van der Waals surface area contributed by atoms with Crippen molar-refractivity contribution in [1.29, 1.82) is 0 Å². The van der Waals surface area contributed by atoms with Gasteiger partial charge >= 0.3 is 5.97 Å². The fraction of sp³-hybridized carbons (Fsp3) is 0.643. The standard InChI is InChI=1S/C14H22N4O2.ClH/c1-5-20-12(19)11-8-15-13(17-10(11)2)18-7-6-16-14(3,4)9-18;/h8,16H,5-7,9H2,1-4H3;1H. The molecule has 0 atom stereocenters. The number of piperazine rings is 1. The van der Waals surface area contributed by atoms with Crippen LogP contribution in [0.1, 0.15) is 36.8 Å². The van der Waals surface area contributed by atoms with Gasteiger partial charge in [0.05, 0.1) is 17.9 Å². The summed E-state index contributed by atoms with van der Waals surface area (Å²) in [6, 6.07) is 0. The molecule has 1 N–H and O–H groups in total. The fourth-order valence-corrected chi connectivity index (χ4v) is 2.33. The van der Waals surface area contributed by atoms with Crippen LogP contribution in [0.5, 0.6) is 0 Å². The van der Waals surface area contributed by atoms with E-state index in [2.05, 4.69) is 34.0 Å². The molecule has 0 radical (unpaired) electrons. The SMILES string of the molecule is CCOC(=O)c1cnc(N2CCNC(C)(C)C2)nc1C.Cl. The summed E-state index contributed by atoms with van der Waals surface area (Å²) in [5, 5.41) is 3.45. The molecule has 1 fully saturated rings. The van der Waals surface area contributed by atoms with E-state index in [0.717, 1.165) is 19.6 Å². The van der Waals surface area contributed by atoms with Crippen LogP contribution in [0, 0.1) is 6.92 Å². The molecule has 7 heteroatoms. The summed E-state index contributed by atoms with van der Waals surface area (Å²) < 4.78 is 4.98. The summed E-state index contributed by atoms with van der Waals surface area (Å²) >= 11 is 0. The Kier molecular flexibility index (Phi) is 5.92. The highest BCUT2D eigenvalue weighted by atomic mass is 35.5.